The van der Waals surface area contributed by atoms with Crippen molar-refractivity contribution in [1.82, 2.24) is 25.6 Å². The zero-order chi connectivity index (χ0) is 26.6. The van der Waals surface area contributed by atoms with E-state index in [1.165, 1.54) is 0 Å². The van der Waals surface area contributed by atoms with Crippen LogP contribution >= 0.6 is 11.8 Å². The SMILES string of the molecule is CNC(=O)[C@@H](CCSC)NC(=O)[C@H]1CCCCCCC(C)(C)C(=O)[C@H](N)Cc2cn(nn2)CCCC1. The third-order valence-electron chi connectivity index (χ3n) is 7.17. The molecule has 9 nitrogen and oxygen atoms in total. The van der Waals surface area contributed by atoms with Crippen LogP contribution < -0.4 is 16.4 Å². The molecular weight excluding hydrogens is 476 g/mol. The molecule has 0 aliphatic carbocycles. The number of Topliss-reactive ketones (excluding diaryl/α,β-unsaturated/α-hetero) is 1. The topological polar surface area (TPSA) is 132 Å². The van der Waals surface area contributed by atoms with Gasteiger partial charge in [0.2, 0.25) is 11.8 Å². The molecule has 2 bridgehead atoms. The minimum atomic E-state index is -0.571. The molecule has 2 rings (SSSR count). The highest BCUT2D eigenvalue weighted by atomic mass is 32.2. The third-order valence-corrected chi connectivity index (χ3v) is 7.82. The highest BCUT2D eigenvalue weighted by molar-refractivity contribution is 7.98. The number of hydrogen-bond donors (Lipinski definition) is 3. The molecule has 36 heavy (non-hydrogen) atoms. The molecule has 0 saturated carbocycles. The lowest BCUT2D eigenvalue weighted by molar-refractivity contribution is -0.131. The Morgan fingerprint density at radius 1 is 1.19 bits per heavy atom. The van der Waals surface area contributed by atoms with Gasteiger partial charge in [0.1, 0.15) is 6.04 Å². The van der Waals surface area contributed by atoms with Gasteiger partial charge in [0.05, 0.1) is 11.7 Å². The van der Waals surface area contributed by atoms with Crippen molar-refractivity contribution in [3.63, 3.8) is 0 Å². The van der Waals surface area contributed by atoms with Gasteiger partial charge in [-0.2, -0.15) is 11.8 Å². The summed E-state index contributed by atoms with van der Waals surface area (Å²) >= 11 is 1.67. The Labute approximate surface area is 220 Å². The first-order valence-corrected chi connectivity index (χ1v) is 14.8. The number of aryl methyl sites for hydroxylation is 1. The van der Waals surface area contributed by atoms with Crippen LogP contribution in [0.15, 0.2) is 6.20 Å². The molecule has 0 saturated heterocycles. The minimum Gasteiger partial charge on any atom is -0.357 e. The second kappa shape index (κ2) is 15.3. The molecule has 2 heterocycles. The lowest BCUT2D eigenvalue weighted by atomic mass is 9.79. The summed E-state index contributed by atoms with van der Waals surface area (Å²) in [6.45, 7) is 4.65. The Bertz CT molecular complexity index is 843. The standard InChI is InChI=1S/C26H46N6O3S/c1-26(2)14-9-6-5-7-11-19(24(34)29-22(13-16-36-4)25(35)28-3)12-8-10-15-32-18-20(30-31-32)17-21(27)23(26)33/h18-19,21-22H,5-17,27H2,1-4H3,(H,28,35)(H,29,34)/t19-,21+,22+/m0/s1. The van der Waals surface area contributed by atoms with Crippen LogP contribution in [0, 0.1) is 11.3 Å². The van der Waals surface area contributed by atoms with Crippen molar-refractivity contribution >= 4 is 29.4 Å². The quantitative estimate of drug-likeness (QED) is 0.523. The lowest BCUT2D eigenvalue weighted by Crippen LogP contribution is -2.48. The summed E-state index contributed by atoms with van der Waals surface area (Å²) in [5, 5.41) is 14.1. The van der Waals surface area contributed by atoms with E-state index in [0.717, 1.165) is 69.2 Å². The number of aromatic nitrogens is 3. The maximum Gasteiger partial charge on any atom is 0.242 e. The number of rotatable bonds is 6. The zero-order valence-electron chi connectivity index (χ0n) is 22.6. The summed E-state index contributed by atoms with van der Waals surface area (Å²) < 4.78 is 1.79. The predicted octanol–water partition coefficient (Wildman–Crippen LogP) is 2.87. The fourth-order valence-corrected chi connectivity index (χ4v) is 5.31. The molecule has 0 spiro atoms. The molecular formula is C26H46N6O3S. The van der Waals surface area contributed by atoms with Crippen molar-refractivity contribution in [2.75, 3.05) is 19.1 Å². The van der Waals surface area contributed by atoms with Crippen LogP contribution in [-0.2, 0) is 27.3 Å². The second-order valence-corrected chi connectivity index (χ2v) is 11.6. The molecule has 0 fully saturated rings. The van der Waals surface area contributed by atoms with E-state index in [4.69, 9.17) is 5.73 Å². The molecule has 4 N–H and O–H groups in total. The van der Waals surface area contributed by atoms with Gasteiger partial charge < -0.3 is 16.4 Å². The maximum atomic E-state index is 13.2. The van der Waals surface area contributed by atoms with Crippen LogP contribution in [0.3, 0.4) is 0 Å². The van der Waals surface area contributed by atoms with E-state index in [0.29, 0.717) is 19.4 Å². The van der Waals surface area contributed by atoms with E-state index in [2.05, 4.69) is 20.9 Å². The summed E-state index contributed by atoms with van der Waals surface area (Å²) in [5.41, 5.74) is 6.50. The van der Waals surface area contributed by atoms with E-state index in [9.17, 15) is 14.4 Å². The Hall–Kier alpha value is -1.94. The molecule has 0 unspecified atom stereocenters. The number of nitrogens with zero attached hydrogens (tertiary/aromatic N) is 3. The molecule has 10 heteroatoms. The Morgan fingerprint density at radius 2 is 1.89 bits per heavy atom. The van der Waals surface area contributed by atoms with Crippen LogP contribution in [0.5, 0.6) is 0 Å². The fourth-order valence-electron chi connectivity index (χ4n) is 4.84. The Balaban J connectivity index is 2.06. The first kappa shape index (κ1) is 30.3. The van der Waals surface area contributed by atoms with Gasteiger partial charge in [-0.15, -0.1) is 5.10 Å². The maximum absolute atomic E-state index is 13.2. The molecule has 1 aromatic rings. The van der Waals surface area contributed by atoms with Gasteiger partial charge in [-0.1, -0.05) is 51.2 Å². The summed E-state index contributed by atoms with van der Waals surface area (Å²) in [6, 6.07) is -1.07. The number of hydrogen-bond acceptors (Lipinski definition) is 7. The second-order valence-electron chi connectivity index (χ2n) is 10.6. The van der Waals surface area contributed by atoms with E-state index in [1.807, 2.05) is 26.3 Å². The highest BCUT2D eigenvalue weighted by Gasteiger charge is 2.32. The Morgan fingerprint density at radius 3 is 2.58 bits per heavy atom. The van der Waals surface area contributed by atoms with Crippen LogP contribution in [-0.4, -0.2) is 63.7 Å². The number of amides is 2. The fraction of sp³-hybridized carbons (Fsp3) is 0.808. The van der Waals surface area contributed by atoms with Crippen LogP contribution in [0.4, 0.5) is 0 Å². The molecule has 0 radical (unpaired) electrons. The number of thioether (sulfide) groups is 1. The number of likely N-dealkylation sites (N-methyl/N-ethyl adjacent to an activating group) is 1. The number of carbonyl (C=O) groups excluding carboxylic acids is 3. The van der Waals surface area contributed by atoms with Crippen LogP contribution in [0.25, 0.3) is 0 Å². The van der Waals surface area contributed by atoms with Gasteiger partial charge in [0.25, 0.3) is 0 Å². The summed E-state index contributed by atoms with van der Waals surface area (Å²) in [4.78, 5) is 38.5. The van der Waals surface area contributed by atoms with Crippen molar-refractivity contribution in [2.24, 2.45) is 17.1 Å². The minimum absolute atomic E-state index is 0.0251. The van der Waals surface area contributed by atoms with Crippen molar-refractivity contribution in [2.45, 2.75) is 103 Å². The summed E-state index contributed by atoms with van der Waals surface area (Å²) in [5.74, 6) is 0.598. The van der Waals surface area contributed by atoms with Crippen LogP contribution in [0.2, 0.25) is 0 Å². The van der Waals surface area contributed by atoms with Gasteiger partial charge in [-0.3, -0.25) is 19.1 Å². The van der Waals surface area contributed by atoms with Gasteiger partial charge >= 0.3 is 0 Å². The van der Waals surface area contributed by atoms with E-state index in [1.54, 1.807) is 23.5 Å². The molecule has 0 aromatic carbocycles. The van der Waals surface area contributed by atoms with Gasteiger partial charge in [-0.05, 0) is 44.1 Å². The molecule has 3 atom stereocenters. The monoisotopic (exact) mass is 522 g/mol. The van der Waals surface area contributed by atoms with Crippen molar-refractivity contribution in [3.05, 3.63) is 11.9 Å². The average Bonchev–Trinajstić information content (AvgIpc) is 3.30. The lowest BCUT2D eigenvalue weighted by Gasteiger charge is -2.26. The average molecular weight is 523 g/mol. The molecule has 1 aromatic heterocycles. The predicted molar refractivity (Wildman–Crippen MR) is 145 cm³/mol. The zero-order valence-corrected chi connectivity index (χ0v) is 23.4. The molecule has 2 amide bonds. The number of fused-ring (bicyclic) bond motifs is 2. The van der Waals surface area contributed by atoms with E-state index in [-0.39, 0.29) is 23.5 Å². The van der Waals surface area contributed by atoms with Crippen molar-refractivity contribution < 1.29 is 14.4 Å². The van der Waals surface area contributed by atoms with Gasteiger partial charge in [0.15, 0.2) is 5.78 Å². The third kappa shape index (κ3) is 9.84. The smallest absolute Gasteiger partial charge is 0.242 e. The molecule has 1 aliphatic heterocycles. The number of nitrogens with two attached hydrogens (primary N) is 1. The number of ketones is 1. The highest BCUT2D eigenvalue weighted by Crippen LogP contribution is 2.28. The summed E-state index contributed by atoms with van der Waals surface area (Å²) in [7, 11) is 1.61. The first-order valence-electron chi connectivity index (χ1n) is 13.4. The molecule has 1 aliphatic rings. The molecule has 204 valence electrons. The van der Waals surface area contributed by atoms with E-state index >= 15 is 0 Å². The van der Waals surface area contributed by atoms with Crippen molar-refractivity contribution in [1.29, 1.82) is 0 Å². The van der Waals surface area contributed by atoms with Crippen molar-refractivity contribution in [3.8, 4) is 0 Å². The van der Waals surface area contributed by atoms with Gasteiger partial charge in [-0.25, -0.2) is 0 Å². The normalized spacial score (nSPS) is 23.2. The first-order chi connectivity index (χ1) is 17.2. The van der Waals surface area contributed by atoms with Gasteiger partial charge in [0, 0.05) is 37.5 Å². The Kier molecular flexibility index (Phi) is 12.9. The summed E-state index contributed by atoms with van der Waals surface area (Å²) in [6.07, 6.45) is 12.9. The largest absolute Gasteiger partial charge is 0.357 e. The van der Waals surface area contributed by atoms with E-state index < -0.39 is 17.5 Å². The number of carbonyl (C=O) groups is 3. The van der Waals surface area contributed by atoms with Crippen LogP contribution in [0.1, 0.15) is 83.7 Å². The number of nitrogens with one attached hydrogen (secondary N) is 2.